The van der Waals surface area contributed by atoms with Crippen LogP contribution >= 0.6 is 24.8 Å². The summed E-state index contributed by atoms with van der Waals surface area (Å²) in [6, 6.07) is 8.10. The van der Waals surface area contributed by atoms with Crippen molar-refractivity contribution in [2.45, 2.75) is 24.9 Å². The number of nitrogens with zero attached hydrogens (tertiary/aromatic N) is 1. The Morgan fingerprint density at radius 2 is 1.96 bits per heavy atom. The summed E-state index contributed by atoms with van der Waals surface area (Å²) in [5.41, 5.74) is 0.470. The fourth-order valence-electron chi connectivity index (χ4n) is 3.86. The van der Waals surface area contributed by atoms with Gasteiger partial charge < -0.3 is 25.0 Å². The molecule has 0 radical (unpaired) electrons. The van der Waals surface area contributed by atoms with Gasteiger partial charge in [-0.25, -0.2) is 0 Å². The van der Waals surface area contributed by atoms with Gasteiger partial charge in [0.1, 0.15) is 11.4 Å². The molecular weight excluding hydrogens is 389 g/mol. The Morgan fingerprint density at radius 3 is 2.63 bits per heavy atom. The van der Waals surface area contributed by atoms with Gasteiger partial charge in [0.05, 0.1) is 12.8 Å². The zero-order valence-corrected chi connectivity index (χ0v) is 17.7. The number of methoxy groups -OCH3 is 2. The molecule has 1 amide bonds. The maximum atomic E-state index is 12.7. The first-order chi connectivity index (χ1) is 12.2. The smallest absolute Gasteiger partial charge is 0.252 e. The predicted molar refractivity (Wildman–Crippen MR) is 113 cm³/mol. The van der Waals surface area contributed by atoms with Crippen LogP contribution in [0.1, 0.15) is 19.3 Å². The molecule has 0 bridgehead atoms. The number of halogens is 2. The van der Waals surface area contributed by atoms with Crippen molar-refractivity contribution < 1.29 is 14.3 Å². The second-order valence-corrected chi connectivity index (χ2v) is 6.93. The second-order valence-electron chi connectivity index (χ2n) is 6.93. The summed E-state index contributed by atoms with van der Waals surface area (Å²) < 4.78 is 11.1. The zero-order chi connectivity index (χ0) is 17.7. The van der Waals surface area contributed by atoms with Crippen molar-refractivity contribution in [3.8, 4) is 5.75 Å². The molecule has 1 unspecified atom stereocenters. The molecule has 0 saturated carbocycles. The predicted octanol–water partition coefficient (Wildman–Crippen LogP) is 2.25. The van der Waals surface area contributed by atoms with E-state index < -0.39 is 5.60 Å². The van der Waals surface area contributed by atoms with Crippen LogP contribution in [0.2, 0.25) is 0 Å². The topological polar surface area (TPSA) is 62.8 Å². The van der Waals surface area contributed by atoms with Gasteiger partial charge in [-0.3, -0.25) is 4.79 Å². The third kappa shape index (κ3) is 5.41. The third-order valence-electron chi connectivity index (χ3n) is 5.48. The SMILES string of the molecule is COc1ccccc1N1CCC(CNC(=O)C2(OC)CCNCC2)C1.Cl.Cl. The van der Waals surface area contributed by atoms with Crippen LogP contribution in [-0.2, 0) is 9.53 Å². The van der Waals surface area contributed by atoms with E-state index >= 15 is 0 Å². The van der Waals surface area contributed by atoms with Crippen LogP contribution < -0.4 is 20.3 Å². The number of para-hydroxylation sites is 2. The van der Waals surface area contributed by atoms with E-state index in [0.717, 1.165) is 56.9 Å². The Bertz CT molecular complexity index is 597. The number of carbonyl (C=O) groups excluding carboxylic acids is 1. The summed E-state index contributed by atoms with van der Waals surface area (Å²) in [4.78, 5) is 15.0. The van der Waals surface area contributed by atoms with E-state index in [9.17, 15) is 4.79 Å². The molecule has 2 N–H and O–H groups in total. The van der Waals surface area contributed by atoms with Crippen LogP contribution in [0.15, 0.2) is 24.3 Å². The molecule has 1 aromatic carbocycles. The van der Waals surface area contributed by atoms with Crippen molar-refractivity contribution in [2.24, 2.45) is 5.92 Å². The van der Waals surface area contributed by atoms with E-state index in [1.165, 1.54) is 0 Å². The van der Waals surface area contributed by atoms with E-state index in [0.29, 0.717) is 12.5 Å². The molecule has 2 aliphatic rings. The van der Waals surface area contributed by atoms with Gasteiger partial charge in [0.15, 0.2) is 0 Å². The largest absolute Gasteiger partial charge is 0.495 e. The maximum Gasteiger partial charge on any atom is 0.252 e. The van der Waals surface area contributed by atoms with Crippen molar-refractivity contribution >= 4 is 36.4 Å². The summed E-state index contributed by atoms with van der Waals surface area (Å²) in [5.74, 6) is 1.39. The van der Waals surface area contributed by atoms with Crippen LogP contribution in [0.5, 0.6) is 5.75 Å². The van der Waals surface area contributed by atoms with Crippen molar-refractivity contribution in [2.75, 3.05) is 51.8 Å². The molecular formula is C19H31Cl2N3O3. The first kappa shape index (κ1) is 23.8. The normalized spacial score (nSPS) is 21.0. The maximum absolute atomic E-state index is 12.7. The van der Waals surface area contributed by atoms with Gasteiger partial charge in [-0.1, -0.05) is 12.1 Å². The molecule has 1 atom stereocenters. The number of hydrogen-bond acceptors (Lipinski definition) is 5. The summed E-state index contributed by atoms with van der Waals surface area (Å²) in [7, 11) is 3.35. The van der Waals surface area contributed by atoms with Crippen LogP contribution in [0, 0.1) is 5.92 Å². The molecule has 2 fully saturated rings. The number of nitrogens with one attached hydrogen (secondary N) is 2. The lowest BCUT2D eigenvalue weighted by Crippen LogP contribution is -2.54. The minimum absolute atomic E-state index is 0. The minimum atomic E-state index is -0.661. The van der Waals surface area contributed by atoms with Crippen molar-refractivity contribution in [1.29, 1.82) is 0 Å². The van der Waals surface area contributed by atoms with E-state index in [-0.39, 0.29) is 30.7 Å². The third-order valence-corrected chi connectivity index (χ3v) is 5.48. The van der Waals surface area contributed by atoms with Gasteiger partial charge in [0.25, 0.3) is 5.91 Å². The molecule has 3 rings (SSSR count). The fraction of sp³-hybridized carbons (Fsp3) is 0.632. The Balaban J connectivity index is 0.00000182. The molecule has 0 aliphatic carbocycles. The van der Waals surface area contributed by atoms with Crippen molar-refractivity contribution in [1.82, 2.24) is 10.6 Å². The first-order valence-electron chi connectivity index (χ1n) is 9.10. The highest BCUT2D eigenvalue weighted by molar-refractivity contribution is 5.86. The molecule has 1 aromatic rings. The quantitative estimate of drug-likeness (QED) is 0.739. The molecule has 2 heterocycles. The average molecular weight is 420 g/mol. The van der Waals surface area contributed by atoms with Gasteiger partial charge in [-0.2, -0.15) is 0 Å². The first-order valence-corrected chi connectivity index (χ1v) is 9.10. The van der Waals surface area contributed by atoms with E-state index in [4.69, 9.17) is 9.47 Å². The number of carbonyl (C=O) groups is 1. The molecule has 0 spiro atoms. The highest BCUT2D eigenvalue weighted by Gasteiger charge is 2.40. The Morgan fingerprint density at radius 1 is 1.26 bits per heavy atom. The van der Waals surface area contributed by atoms with Gasteiger partial charge in [-0.15, -0.1) is 24.8 Å². The summed E-state index contributed by atoms with van der Waals surface area (Å²) >= 11 is 0. The number of benzene rings is 1. The Labute approximate surface area is 174 Å². The lowest BCUT2D eigenvalue weighted by Gasteiger charge is -2.35. The van der Waals surface area contributed by atoms with Crippen molar-refractivity contribution in [3.63, 3.8) is 0 Å². The van der Waals surface area contributed by atoms with Crippen LogP contribution in [-0.4, -0.2) is 58.5 Å². The number of hydrogen-bond donors (Lipinski definition) is 2. The van der Waals surface area contributed by atoms with E-state index in [1.54, 1.807) is 14.2 Å². The Hall–Kier alpha value is -1.21. The molecule has 2 saturated heterocycles. The van der Waals surface area contributed by atoms with Crippen LogP contribution in [0.4, 0.5) is 5.69 Å². The van der Waals surface area contributed by atoms with Crippen LogP contribution in [0.3, 0.4) is 0 Å². The molecule has 2 aliphatic heterocycles. The number of rotatable bonds is 6. The summed E-state index contributed by atoms with van der Waals surface area (Å²) in [6.45, 7) is 4.27. The molecule has 0 aromatic heterocycles. The summed E-state index contributed by atoms with van der Waals surface area (Å²) in [5, 5.41) is 6.42. The van der Waals surface area contributed by atoms with E-state index in [1.807, 2.05) is 18.2 Å². The number of anilines is 1. The molecule has 27 heavy (non-hydrogen) atoms. The van der Waals surface area contributed by atoms with Crippen molar-refractivity contribution in [3.05, 3.63) is 24.3 Å². The lowest BCUT2D eigenvalue weighted by molar-refractivity contribution is -0.146. The number of ether oxygens (including phenoxy) is 2. The van der Waals surface area contributed by atoms with Gasteiger partial charge >= 0.3 is 0 Å². The Kier molecular flexibility index (Phi) is 9.67. The molecule has 154 valence electrons. The number of piperidine rings is 1. The fourth-order valence-corrected chi connectivity index (χ4v) is 3.86. The molecule has 6 nitrogen and oxygen atoms in total. The zero-order valence-electron chi connectivity index (χ0n) is 16.0. The van der Waals surface area contributed by atoms with Gasteiger partial charge in [0, 0.05) is 26.7 Å². The van der Waals surface area contributed by atoms with Gasteiger partial charge in [0.2, 0.25) is 0 Å². The average Bonchev–Trinajstić information content (AvgIpc) is 3.15. The monoisotopic (exact) mass is 419 g/mol. The van der Waals surface area contributed by atoms with Crippen LogP contribution in [0.25, 0.3) is 0 Å². The number of amides is 1. The highest BCUT2D eigenvalue weighted by Crippen LogP contribution is 2.32. The van der Waals surface area contributed by atoms with Gasteiger partial charge in [-0.05, 0) is 50.4 Å². The highest BCUT2D eigenvalue weighted by atomic mass is 35.5. The minimum Gasteiger partial charge on any atom is -0.495 e. The second kappa shape index (κ2) is 11.0. The molecule has 8 heteroatoms. The standard InChI is InChI=1S/C19H29N3O3.2ClH/c1-24-17-6-4-3-5-16(17)22-12-7-15(14-22)13-21-18(23)19(25-2)8-10-20-11-9-19;;/h3-6,15,20H,7-14H2,1-2H3,(H,21,23);2*1H. The summed E-state index contributed by atoms with van der Waals surface area (Å²) in [6.07, 6.45) is 2.53. The lowest BCUT2D eigenvalue weighted by atomic mass is 9.91. The van der Waals surface area contributed by atoms with E-state index in [2.05, 4.69) is 21.6 Å².